The third kappa shape index (κ3) is 4.17. The van der Waals surface area contributed by atoms with E-state index in [1.54, 1.807) is 0 Å². The molecule has 0 bridgehead atoms. The van der Waals surface area contributed by atoms with Gasteiger partial charge in [0.05, 0.1) is 6.10 Å². The van der Waals surface area contributed by atoms with Gasteiger partial charge in [-0.2, -0.15) is 0 Å². The number of aromatic nitrogens is 2. The molecular formula is C16H27N3O. The Balaban J connectivity index is 2.01. The first kappa shape index (κ1) is 15.2. The standard InChI is InChI=1S/C16H27N3O/c1-4-11-20-15-7-6-9-19(10-8-15)16-12-14(5-2)17-13(3)18-16/h12,15H,4-11H2,1-3H3. The molecule has 2 heterocycles. The van der Waals surface area contributed by atoms with E-state index in [2.05, 4.69) is 34.8 Å². The molecule has 0 amide bonds. The largest absolute Gasteiger partial charge is 0.378 e. The van der Waals surface area contributed by atoms with Gasteiger partial charge < -0.3 is 9.64 Å². The molecule has 1 unspecified atom stereocenters. The normalized spacial score (nSPS) is 19.9. The number of anilines is 1. The van der Waals surface area contributed by atoms with Crippen molar-refractivity contribution in [2.45, 2.75) is 59.0 Å². The van der Waals surface area contributed by atoms with Crippen molar-refractivity contribution in [2.24, 2.45) is 0 Å². The Morgan fingerprint density at radius 3 is 2.85 bits per heavy atom. The summed E-state index contributed by atoms with van der Waals surface area (Å²) < 4.78 is 5.91. The Morgan fingerprint density at radius 1 is 1.25 bits per heavy atom. The molecule has 0 saturated carbocycles. The molecule has 4 heteroatoms. The van der Waals surface area contributed by atoms with E-state index in [1.807, 2.05) is 6.92 Å². The molecule has 1 aromatic rings. The lowest BCUT2D eigenvalue weighted by Gasteiger charge is -2.22. The second-order valence-electron chi connectivity index (χ2n) is 5.53. The quantitative estimate of drug-likeness (QED) is 0.829. The highest BCUT2D eigenvalue weighted by Crippen LogP contribution is 2.20. The van der Waals surface area contributed by atoms with Crippen molar-refractivity contribution >= 4 is 5.82 Å². The summed E-state index contributed by atoms with van der Waals surface area (Å²) in [5.41, 5.74) is 1.13. The van der Waals surface area contributed by atoms with Gasteiger partial charge in [0.25, 0.3) is 0 Å². The van der Waals surface area contributed by atoms with E-state index in [-0.39, 0.29) is 0 Å². The number of hydrogen-bond donors (Lipinski definition) is 0. The topological polar surface area (TPSA) is 38.2 Å². The Labute approximate surface area is 122 Å². The average Bonchev–Trinajstić information content (AvgIpc) is 2.70. The predicted octanol–water partition coefficient (Wildman–Crippen LogP) is 3.13. The molecule has 2 rings (SSSR count). The molecule has 1 fully saturated rings. The van der Waals surface area contributed by atoms with Gasteiger partial charge in [-0.3, -0.25) is 0 Å². The van der Waals surface area contributed by atoms with E-state index < -0.39 is 0 Å². The van der Waals surface area contributed by atoms with Crippen LogP contribution in [0.3, 0.4) is 0 Å². The van der Waals surface area contributed by atoms with Gasteiger partial charge in [0.15, 0.2) is 0 Å². The van der Waals surface area contributed by atoms with Crippen molar-refractivity contribution in [3.63, 3.8) is 0 Å². The second-order valence-corrected chi connectivity index (χ2v) is 5.53. The second kappa shape index (κ2) is 7.58. The molecule has 0 aromatic carbocycles. The zero-order valence-electron chi connectivity index (χ0n) is 13.1. The lowest BCUT2D eigenvalue weighted by Crippen LogP contribution is -2.26. The molecular weight excluding hydrogens is 250 g/mol. The summed E-state index contributed by atoms with van der Waals surface area (Å²) >= 11 is 0. The summed E-state index contributed by atoms with van der Waals surface area (Å²) in [7, 11) is 0. The number of hydrogen-bond acceptors (Lipinski definition) is 4. The van der Waals surface area contributed by atoms with Crippen LogP contribution in [-0.4, -0.2) is 35.8 Å². The van der Waals surface area contributed by atoms with Crippen LogP contribution in [0.5, 0.6) is 0 Å². The van der Waals surface area contributed by atoms with Crippen LogP contribution < -0.4 is 4.90 Å². The van der Waals surface area contributed by atoms with Gasteiger partial charge in [-0.05, 0) is 39.0 Å². The Bertz CT molecular complexity index is 422. The van der Waals surface area contributed by atoms with Crippen LogP contribution in [-0.2, 0) is 11.2 Å². The first-order valence-electron chi connectivity index (χ1n) is 7.94. The maximum absolute atomic E-state index is 5.91. The summed E-state index contributed by atoms with van der Waals surface area (Å²) in [4.78, 5) is 11.5. The average molecular weight is 277 g/mol. The van der Waals surface area contributed by atoms with Gasteiger partial charge in [-0.25, -0.2) is 9.97 Å². The molecule has 1 aromatic heterocycles. The third-order valence-electron chi connectivity index (χ3n) is 3.80. The predicted molar refractivity (Wildman–Crippen MR) is 82.2 cm³/mol. The van der Waals surface area contributed by atoms with Crippen LogP contribution in [0.25, 0.3) is 0 Å². The van der Waals surface area contributed by atoms with Crippen LogP contribution in [0, 0.1) is 6.92 Å². The summed E-state index contributed by atoms with van der Waals surface area (Å²) in [6.07, 6.45) is 5.94. The Kier molecular flexibility index (Phi) is 5.77. The van der Waals surface area contributed by atoms with Crippen LogP contribution in [0.4, 0.5) is 5.82 Å². The Morgan fingerprint density at radius 2 is 2.10 bits per heavy atom. The van der Waals surface area contributed by atoms with E-state index in [0.717, 1.165) is 56.3 Å². The maximum Gasteiger partial charge on any atom is 0.132 e. The monoisotopic (exact) mass is 277 g/mol. The van der Waals surface area contributed by atoms with Crippen LogP contribution in [0.2, 0.25) is 0 Å². The van der Waals surface area contributed by atoms with E-state index in [0.29, 0.717) is 6.10 Å². The van der Waals surface area contributed by atoms with Gasteiger partial charge in [-0.15, -0.1) is 0 Å². The summed E-state index contributed by atoms with van der Waals surface area (Å²) in [6.45, 7) is 9.28. The molecule has 0 N–H and O–H groups in total. The highest BCUT2D eigenvalue weighted by Gasteiger charge is 2.18. The lowest BCUT2D eigenvalue weighted by molar-refractivity contribution is 0.0461. The molecule has 1 atom stereocenters. The number of ether oxygens (including phenoxy) is 1. The SMILES string of the molecule is CCCOC1CCCN(c2cc(CC)nc(C)n2)CC1. The molecule has 1 aliphatic heterocycles. The zero-order valence-corrected chi connectivity index (χ0v) is 13.1. The van der Waals surface area contributed by atoms with Crippen LogP contribution in [0.1, 0.15) is 51.0 Å². The summed E-state index contributed by atoms with van der Waals surface area (Å²) in [6, 6.07) is 2.14. The van der Waals surface area contributed by atoms with Gasteiger partial charge in [-0.1, -0.05) is 13.8 Å². The smallest absolute Gasteiger partial charge is 0.132 e. The third-order valence-corrected chi connectivity index (χ3v) is 3.80. The van der Waals surface area contributed by atoms with Crippen molar-refractivity contribution in [2.75, 3.05) is 24.6 Å². The number of aryl methyl sites for hydroxylation is 2. The van der Waals surface area contributed by atoms with Crippen LogP contribution >= 0.6 is 0 Å². The molecule has 20 heavy (non-hydrogen) atoms. The van der Waals surface area contributed by atoms with E-state index in [1.165, 1.54) is 12.8 Å². The van der Waals surface area contributed by atoms with Crippen molar-refractivity contribution in [1.29, 1.82) is 0 Å². The minimum atomic E-state index is 0.425. The fraction of sp³-hybridized carbons (Fsp3) is 0.750. The summed E-state index contributed by atoms with van der Waals surface area (Å²) in [5.74, 6) is 1.97. The highest BCUT2D eigenvalue weighted by molar-refractivity contribution is 5.40. The van der Waals surface area contributed by atoms with Gasteiger partial charge in [0, 0.05) is 31.5 Å². The molecule has 0 spiro atoms. The zero-order chi connectivity index (χ0) is 14.4. The Hall–Kier alpha value is -1.16. The van der Waals surface area contributed by atoms with Crippen molar-refractivity contribution in [3.05, 3.63) is 17.6 Å². The molecule has 4 nitrogen and oxygen atoms in total. The van der Waals surface area contributed by atoms with Gasteiger partial charge in [0.2, 0.25) is 0 Å². The van der Waals surface area contributed by atoms with E-state index >= 15 is 0 Å². The maximum atomic E-state index is 5.91. The number of rotatable bonds is 5. The summed E-state index contributed by atoms with van der Waals surface area (Å²) in [5, 5.41) is 0. The fourth-order valence-corrected chi connectivity index (χ4v) is 2.70. The van der Waals surface area contributed by atoms with E-state index in [9.17, 15) is 0 Å². The minimum absolute atomic E-state index is 0.425. The molecule has 1 aliphatic rings. The van der Waals surface area contributed by atoms with Crippen molar-refractivity contribution < 1.29 is 4.74 Å². The van der Waals surface area contributed by atoms with Gasteiger partial charge >= 0.3 is 0 Å². The lowest BCUT2D eigenvalue weighted by atomic mass is 10.2. The van der Waals surface area contributed by atoms with Crippen molar-refractivity contribution in [3.8, 4) is 0 Å². The molecule has 1 saturated heterocycles. The molecule has 0 aliphatic carbocycles. The molecule has 112 valence electrons. The minimum Gasteiger partial charge on any atom is -0.378 e. The van der Waals surface area contributed by atoms with Gasteiger partial charge in [0.1, 0.15) is 11.6 Å². The first-order chi connectivity index (χ1) is 9.72. The van der Waals surface area contributed by atoms with Crippen molar-refractivity contribution in [1.82, 2.24) is 9.97 Å². The number of nitrogens with zero attached hydrogens (tertiary/aromatic N) is 3. The first-order valence-corrected chi connectivity index (χ1v) is 7.94. The van der Waals surface area contributed by atoms with Crippen LogP contribution in [0.15, 0.2) is 6.07 Å². The highest BCUT2D eigenvalue weighted by atomic mass is 16.5. The van der Waals surface area contributed by atoms with E-state index in [4.69, 9.17) is 4.74 Å². The molecule has 0 radical (unpaired) electrons. The fourth-order valence-electron chi connectivity index (χ4n) is 2.70.